The third-order valence-electron chi connectivity index (χ3n) is 5.86. The van der Waals surface area contributed by atoms with Crippen LogP contribution in [0.25, 0.3) is 10.9 Å². The Morgan fingerprint density at radius 3 is 2.81 bits per heavy atom. The van der Waals surface area contributed by atoms with Crippen molar-refractivity contribution in [1.29, 1.82) is 0 Å². The Balaban J connectivity index is 1.66. The van der Waals surface area contributed by atoms with Gasteiger partial charge in [0.15, 0.2) is 0 Å². The van der Waals surface area contributed by atoms with E-state index in [1.807, 2.05) is 6.07 Å². The first-order valence-corrected chi connectivity index (χ1v) is 9.46. The van der Waals surface area contributed by atoms with Crippen LogP contribution in [0.1, 0.15) is 30.0 Å². The van der Waals surface area contributed by atoms with Crippen LogP contribution in [0, 0.1) is 5.82 Å². The highest BCUT2D eigenvalue weighted by atomic mass is 79.9. The number of aromatic nitrogens is 2. The topological polar surface area (TPSA) is 66.1 Å². The molecule has 7 heteroatoms. The zero-order valence-electron chi connectivity index (χ0n) is 14.4. The highest BCUT2D eigenvalue weighted by molar-refractivity contribution is 9.10. The van der Waals surface area contributed by atoms with Gasteiger partial charge in [-0.2, -0.15) is 0 Å². The average molecular weight is 428 g/mol. The first-order valence-electron chi connectivity index (χ1n) is 8.66. The normalized spacial score (nSPS) is 23.7. The quantitative estimate of drug-likeness (QED) is 0.644. The molecule has 1 N–H and O–H groups in total. The number of nitrogens with one attached hydrogen (secondary N) is 1. The number of pyridine rings is 2. The van der Waals surface area contributed by atoms with E-state index >= 15 is 0 Å². The van der Waals surface area contributed by atoms with Gasteiger partial charge >= 0.3 is 0 Å². The zero-order chi connectivity index (χ0) is 18.9. The molecule has 3 aromatic rings. The van der Waals surface area contributed by atoms with E-state index in [0.29, 0.717) is 22.8 Å². The SMILES string of the molecule is CN1C(=O)C2(CC(c3cccc(=O)[nH]3)C2)c2c1cnc1cc(F)c(Br)cc21. The second kappa shape index (κ2) is 5.48. The number of fused-ring (bicyclic) bond motifs is 4. The predicted molar refractivity (Wildman–Crippen MR) is 104 cm³/mol. The second-order valence-electron chi connectivity index (χ2n) is 7.32. The Bertz CT molecular complexity index is 1180. The zero-order valence-corrected chi connectivity index (χ0v) is 16.0. The molecule has 1 aliphatic heterocycles. The number of anilines is 1. The number of hydrogen-bond donors (Lipinski definition) is 1. The van der Waals surface area contributed by atoms with Crippen LogP contribution < -0.4 is 10.5 Å². The van der Waals surface area contributed by atoms with Gasteiger partial charge in [-0.1, -0.05) is 6.07 Å². The molecule has 1 aromatic carbocycles. The minimum absolute atomic E-state index is 0.0294. The number of halogens is 2. The number of carbonyl (C=O) groups is 1. The maximum Gasteiger partial charge on any atom is 0.248 e. The summed E-state index contributed by atoms with van der Waals surface area (Å²) in [7, 11) is 1.75. The summed E-state index contributed by atoms with van der Waals surface area (Å²) in [5.74, 6) is -0.244. The fourth-order valence-corrected chi connectivity index (χ4v) is 4.90. The maximum absolute atomic E-state index is 14.0. The largest absolute Gasteiger partial charge is 0.326 e. The number of carbonyl (C=O) groups excluding carboxylic acids is 1. The Labute approximate surface area is 162 Å². The molecule has 5 nitrogen and oxygen atoms in total. The fourth-order valence-electron chi connectivity index (χ4n) is 4.55. The van der Waals surface area contributed by atoms with Crippen LogP contribution in [-0.2, 0) is 10.2 Å². The Morgan fingerprint density at radius 2 is 2.07 bits per heavy atom. The maximum atomic E-state index is 14.0. The van der Waals surface area contributed by atoms with Gasteiger partial charge in [0.1, 0.15) is 5.82 Å². The van der Waals surface area contributed by atoms with Crippen molar-refractivity contribution in [2.45, 2.75) is 24.2 Å². The van der Waals surface area contributed by atoms with Crippen molar-refractivity contribution in [3.63, 3.8) is 0 Å². The van der Waals surface area contributed by atoms with Gasteiger partial charge in [0, 0.05) is 41.7 Å². The first kappa shape index (κ1) is 16.6. The van der Waals surface area contributed by atoms with Crippen LogP contribution >= 0.6 is 15.9 Å². The van der Waals surface area contributed by atoms with E-state index in [0.717, 1.165) is 22.3 Å². The molecule has 1 aliphatic carbocycles. The van der Waals surface area contributed by atoms with Gasteiger partial charge < -0.3 is 9.88 Å². The van der Waals surface area contributed by atoms with E-state index in [2.05, 4.69) is 25.9 Å². The molecule has 0 bridgehead atoms. The van der Waals surface area contributed by atoms with Gasteiger partial charge in [-0.3, -0.25) is 14.6 Å². The van der Waals surface area contributed by atoms with Gasteiger partial charge in [-0.05, 0) is 40.9 Å². The van der Waals surface area contributed by atoms with Crippen LogP contribution in [0.5, 0.6) is 0 Å². The molecule has 0 radical (unpaired) electrons. The number of aromatic amines is 1. The standard InChI is InChI=1S/C20H15BrFN3O2/c1-25-16-9-23-15-6-13(22)12(21)5-11(15)18(16)20(19(25)27)7-10(8-20)14-3-2-4-17(26)24-14/h2-6,9-10H,7-8H2,1H3,(H,24,26). The molecule has 1 amide bonds. The summed E-state index contributed by atoms with van der Waals surface area (Å²) >= 11 is 3.25. The molecule has 0 unspecified atom stereocenters. The third kappa shape index (κ3) is 2.18. The minimum atomic E-state index is -0.653. The van der Waals surface area contributed by atoms with Crippen LogP contribution in [0.3, 0.4) is 0 Å². The molecule has 2 aromatic heterocycles. The van der Waals surface area contributed by atoms with Crippen LogP contribution in [0.4, 0.5) is 10.1 Å². The summed E-state index contributed by atoms with van der Waals surface area (Å²) in [4.78, 5) is 33.6. The van der Waals surface area contributed by atoms with Gasteiger partial charge in [0.2, 0.25) is 11.5 Å². The molecular formula is C20H15BrFN3O2. The summed E-state index contributed by atoms with van der Waals surface area (Å²) in [6, 6.07) is 8.20. The molecule has 0 saturated heterocycles. The van der Waals surface area contributed by atoms with E-state index in [9.17, 15) is 14.0 Å². The fraction of sp³-hybridized carbons (Fsp3) is 0.250. The van der Waals surface area contributed by atoms with Crippen molar-refractivity contribution in [1.82, 2.24) is 9.97 Å². The van der Waals surface area contributed by atoms with Crippen molar-refractivity contribution in [3.8, 4) is 0 Å². The molecule has 27 heavy (non-hydrogen) atoms. The van der Waals surface area contributed by atoms with Gasteiger partial charge in [-0.25, -0.2) is 4.39 Å². The van der Waals surface area contributed by atoms with Crippen LogP contribution in [0.15, 0.2) is 45.8 Å². The molecule has 0 atom stereocenters. The van der Waals surface area contributed by atoms with Gasteiger partial charge in [0.05, 0.1) is 27.3 Å². The molecule has 5 rings (SSSR count). The Morgan fingerprint density at radius 1 is 1.30 bits per heavy atom. The lowest BCUT2D eigenvalue weighted by molar-refractivity contribution is -0.126. The summed E-state index contributed by atoms with van der Waals surface area (Å²) in [5.41, 5.74) is 2.27. The number of H-pyrrole nitrogens is 1. The molecule has 1 spiro atoms. The van der Waals surface area contributed by atoms with E-state index in [1.165, 1.54) is 12.1 Å². The number of rotatable bonds is 1. The summed E-state index contributed by atoms with van der Waals surface area (Å²) in [5, 5.41) is 0.790. The van der Waals surface area contributed by atoms with Crippen molar-refractivity contribution in [2.75, 3.05) is 11.9 Å². The van der Waals surface area contributed by atoms with E-state index in [4.69, 9.17) is 0 Å². The van der Waals surface area contributed by atoms with Crippen molar-refractivity contribution < 1.29 is 9.18 Å². The number of benzene rings is 1. The molecule has 2 aliphatic rings. The lowest BCUT2D eigenvalue weighted by Crippen LogP contribution is -2.48. The van der Waals surface area contributed by atoms with Gasteiger partial charge in [0.25, 0.3) is 0 Å². The molecule has 3 heterocycles. The van der Waals surface area contributed by atoms with E-state index in [1.54, 1.807) is 30.3 Å². The molecule has 136 valence electrons. The minimum Gasteiger partial charge on any atom is -0.326 e. The van der Waals surface area contributed by atoms with Crippen molar-refractivity contribution >= 4 is 38.4 Å². The lowest BCUT2D eigenvalue weighted by Gasteiger charge is -2.44. The van der Waals surface area contributed by atoms with E-state index in [-0.39, 0.29) is 23.2 Å². The third-order valence-corrected chi connectivity index (χ3v) is 6.47. The highest BCUT2D eigenvalue weighted by Crippen LogP contribution is 2.60. The van der Waals surface area contributed by atoms with Gasteiger partial charge in [-0.15, -0.1) is 0 Å². The number of amides is 1. The predicted octanol–water partition coefficient (Wildman–Crippen LogP) is 3.62. The first-order chi connectivity index (χ1) is 12.9. The Kier molecular flexibility index (Phi) is 3.37. The number of nitrogens with zero attached hydrogens (tertiary/aromatic N) is 2. The van der Waals surface area contributed by atoms with Crippen LogP contribution in [-0.4, -0.2) is 22.9 Å². The summed E-state index contributed by atoms with van der Waals surface area (Å²) in [6.07, 6.45) is 2.86. The van der Waals surface area contributed by atoms with Crippen molar-refractivity contribution in [3.05, 3.63) is 68.4 Å². The van der Waals surface area contributed by atoms with Crippen LogP contribution in [0.2, 0.25) is 0 Å². The smallest absolute Gasteiger partial charge is 0.248 e. The lowest BCUT2D eigenvalue weighted by atomic mass is 9.57. The van der Waals surface area contributed by atoms with E-state index < -0.39 is 5.41 Å². The Hall–Kier alpha value is -2.54. The molecule has 1 saturated carbocycles. The van der Waals surface area contributed by atoms with Crippen molar-refractivity contribution in [2.24, 2.45) is 0 Å². The highest BCUT2D eigenvalue weighted by Gasteiger charge is 2.58. The number of hydrogen-bond acceptors (Lipinski definition) is 3. The summed E-state index contributed by atoms with van der Waals surface area (Å²) in [6.45, 7) is 0. The summed E-state index contributed by atoms with van der Waals surface area (Å²) < 4.78 is 14.3. The monoisotopic (exact) mass is 427 g/mol. The molecule has 1 fully saturated rings. The average Bonchev–Trinajstić information content (AvgIpc) is 2.83. The second-order valence-corrected chi connectivity index (χ2v) is 8.18. The molecular weight excluding hydrogens is 413 g/mol. The number of likely N-dealkylation sites (N-methyl/N-ethyl adjacent to an activating group) is 1.